The molecule has 0 spiro atoms. The van der Waals surface area contributed by atoms with E-state index in [1.807, 2.05) is 0 Å². The minimum atomic E-state index is 0.850. The van der Waals surface area contributed by atoms with E-state index in [0.717, 1.165) is 74.7 Å². The van der Waals surface area contributed by atoms with E-state index in [-0.39, 0.29) is 0 Å². The predicted octanol–water partition coefficient (Wildman–Crippen LogP) is 17.7. The molecular weight excluding hydrogens is 835 g/mol. The van der Waals surface area contributed by atoms with Crippen LogP contribution in [0.4, 0.5) is 5.69 Å². The minimum absolute atomic E-state index is 0.850. The van der Waals surface area contributed by atoms with E-state index in [4.69, 9.17) is 9.98 Å². The van der Waals surface area contributed by atoms with Gasteiger partial charge in [-0.2, -0.15) is 0 Å². The fourth-order valence-corrected chi connectivity index (χ4v) is 9.77. The maximum Gasteiger partial charge on any atom is 0.0715 e. The second-order valence-electron chi connectivity index (χ2n) is 17.7. The summed E-state index contributed by atoms with van der Waals surface area (Å²) in [5.41, 5.74) is 21.2. The molecule has 12 rings (SSSR count). The first-order valence-corrected chi connectivity index (χ1v) is 23.8. The largest absolute Gasteiger partial charge is 0.309 e. The van der Waals surface area contributed by atoms with Crippen LogP contribution in [-0.4, -0.2) is 15.3 Å². The van der Waals surface area contributed by atoms with Gasteiger partial charge in [-0.3, -0.25) is 4.99 Å². The molecule has 9 aromatic carbocycles. The molecule has 0 aliphatic heterocycles. The van der Waals surface area contributed by atoms with Gasteiger partial charge in [0, 0.05) is 38.9 Å². The number of pyridine rings is 1. The number of benzene rings is 9. The van der Waals surface area contributed by atoms with Crippen LogP contribution in [0.15, 0.2) is 266 Å². The summed E-state index contributed by atoms with van der Waals surface area (Å²) in [5, 5.41) is 2.49. The molecule has 3 heteroatoms. The van der Waals surface area contributed by atoms with E-state index < -0.39 is 0 Å². The van der Waals surface area contributed by atoms with Crippen LogP contribution in [0, 0.1) is 0 Å². The molecule has 0 saturated heterocycles. The summed E-state index contributed by atoms with van der Waals surface area (Å²) >= 11 is 0. The first kappa shape index (κ1) is 41.5. The third-order valence-electron chi connectivity index (χ3n) is 13.3. The van der Waals surface area contributed by atoms with Gasteiger partial charge < -0.3 is 4.57 Å². The molecule has 0 amide bonds. The van der Waals surface area contributed by atoms with Crippen molar-refractivity contribution in [1.29, 1.82) is 0 Å². The van der Waals surface area contributed by atoms with Crippen LogP contribution < -0.4 is 0 Å². The van der Waals surface area contributed by atoms with E-state index in [9.17, 15) is 0 Å². The normalized spacial score (nSPS) is 13.2. The fraction of sp³-hybridized carbons (Fsp3) is 0.0303. The molecule has 1 aliphatic carbocycles. The quantitative estimate of drug-likeness (QED) is 0.142. The summed E-state index contributed by atoms with van der Waals surface area (Å²) in [6.45, 7) is 0. The lowest BCUT2D eigenvalue weighted by molar-refractivity contribution is 1.10. The molecule has 0 unspecified atom stereocenters. The number of nitrogens with zero attached hydrogens (tertiary/aromatic N) is 3. The third-order valence-corrected chi connectivity index (χ3v) is 13.3. The molecule has 2 heterocycles. The number of aliphatic imine (C=N–C) groups is 1. The third kappa shape index (κ3) is 8.43. The van der Waals surface area contributed by atoms with Crippen molar-refractivity contribution in [2.24, 2.45) is 4.99 Å². The number of fused-ring (bicyclic) bond motifs is 3. The summed E-state index contributed by atoms with van der Waals surface area (Å²) in [5.74, 6) is 0. The molecule has 11 aromatic rings. The zero-order valence-corrected chi connectivity index (χ0v) is 38.1. The van der Waals surface area contributed by atoms with Gasteiger partial charge in [0.25, 0.3) is 0 Å². The Morgan fingerprint density at radius 1 is 0.362 bits per heavy atom. The molecule has 0 bridgehead atoms. The molecule has 0 fully saturated rings. The summed E-state index contributed by atoms with van der Waals surface area (Å²) in [6, 6.07) is 86.8. The van der Waals surface area contributed by atoms with Crippen LogP contribution in [0.25, 0.3) is 100 Å². The Kier molecular flexibility index (Phi) is 11.1. The van der Waals surface area contributed by atoms with Crippen LogP contribution in [0.3, 0.4) is 0 Å². The monoisotopic (exact) mass is 881 g/mol. The first-order valence-electron chi connectivity index (χ1n) is 23.8. The minimum Gasteiger partial charge on any atom is -0.309 e. The molecule has 3 nitrogen and oxygen atoms in total. The van der Waals surface area contributed by atoms with Crippen LogP contribution in [0.5, 0.6) is 0 Å². The Morgan fingerprint density at radius 2 is 0.855 bits per heavy atom. The highest BCUT2D eigenvalue weighted by molar-refractivity contribution is 6.25. The maximum atomic E-state index is 5.37. The Hall–Kier alpha value is -8.92. The summed E-state index contributed by atoms with van der Waals surface area (Å²) in [6.07, 6.45) is 8.44. The molecule has 2 aromatic heterocycles. The molecule has 0 radical (unpaired) electrons. The van der Waals surface area contributed by atoms with Crippen molar-refractivity contribution >= 4 is 38.8 Å². The molecule has 0 saturated carbocycles. The number of aromatic nitrogens is 2. The van der Waals surface area contributed by atoms with E-state index in [0.29, 0.717) is 0 Å². The van der Waals surface area contributed by atoms with Crippen molar-refractivity contribution in [1.82, 2.24) is 9.55 Å². The van der Waals surface area contributed by atoms with Gasteiger partial charge in [-0.15, -0.1) is 0 Å². The molecule has 0 N–H and O–H groups in total. The summed E-state index contributed by atoms with van der Waals surface area (Å²) in [7, 11) is 0. The van der Waals surface area contributed by atoms with Gasteiger partial charge in [0.15, 0.2) is 0 Å². The fourth-order valence-electron chi connectivity index (χ4n) is 9.77. The topological polar surface area (TPSA) is 30.2 Å². The Morgan fingerprint density at radius 3 is 1.52 bits per heavy atom. The van der Waals surface area contributed by atoms with Crippen molar-refractivity contribution in [3.63, 3.8) is 0 Å². The second-order valence-corrected chi connectivity index (χ2v) is 17.7. The number of para-hydroxylation sites is 2. The van der Waals surface area contributed by atoms with Crippen molar-refractivity contribution in [2.75, 3.05) is 0 Å². The molecular formula is C66H47N3. The van der Waals surface area contributed by atoms with Gasteiger partial charge in [-0.1, -0.05) is 200 Å². The van der Waals surface area contributed by atoms with Crippen molar-refractivity contribution in [2.45, 2.75) is 12.8 Å². The standard InChI is InChI=1S/C66H47N3/c1-5-16-46(17-6-1)48-28-32-51(33-29-48)63-44-56(45-64(68-63)52-34-30-49(31-35-52)47-18-7-2-8-19-47)50-36-39-57(40-37-50)67-62-26-12-4-11-24-59(62)55-21-15-20-53(42-55)54-38-41-66-61(43-54)60-25-13-14-27-65(60)69(66)58-22-9-3-10-23-58/h1-11,13-25,27-45H,12,26H2. The molecule has 69 heavy (non-hydrogen) atoms. The average Bonchev–Trinajstić information content (AvgIpc) is 3.58. The van der Waals surface area contributed by atoms with Crippen LogP contribution in [-0.2, 0) is 0 Å². The van der Waals surface area contributed by atoms with Gasteiger partial charge in [0.2, 0.25) is 0 Å². The summed E-state index contributed by atoms with van der Waals surface area (Å²) in [4.78, 5) is 10.6. The second kappa shape index (κ2) is 18.4. The van der Waals surface area contributed by atoms with Gasteiger partial charge in [0.05, 0.1) is 28.1 Å². The van der Waals surface area contributed by atoms with Gasteiger partial charge in [0.1, 0.15) is 0 Å². The maximum absolute atomic E-state index is 5.37. The highest BCUT2D eigenvalue weighted by Crippen LogP contribution is 2.37. The first-order chi connectivity index (χ1) is 34.2. The zero-order valence-electron chi connectivity index (χ0n) is 38.1. The van der Waals surface area contributed by atoms with Gasteiger partial charge in [-0.05, 0) is 124 Å². The summed E-state index contributed by atoms with van der Waals surface area (Å²) < 4.78 is 2.37. The van der Waals surface area contributed by atoms with Gasteiger partial charge >= 0.3 is 0 Å². The van der Waals surface area contributed by atoms with Crippen LogP contribution >= 0.6 is 0 Å². The van der Waals surface area contributed by atoms with Crippen molar-refractivity contribution in [3.05, 3.63) is 266 Å². The smallest absolute Gasteiger partial charge is 0.0715 e. The highest BCUT2D eigenvalue weighted by atomic mass is 15.0. The van der Waals surface area contributed by atoms with Crippen molar-refractivity contribution in [3.8, 4) is 72.7 Å². The van der Waals surface area contributed by atoms with E-state index in [2.05, 4.69) is 265 Å². The van der Waals surface area contributed by atoms with Crippen LogP contribution in [0.2, 0.25) is 0 Å². The molecule has 326 valence electrons. The van der Waals surface area contributed by atoms with E-state index >= 15 is 0 Å². The lowest BCUT2D eigenvalue weighted by Gasteiger charge is -2.13. The van der Waals surface area contributed by atoms with Crippen LogP contribution in [0.1, 0.15) is 18.4 Å². The number of hydrogen-bond acceptors (Lipinski definition) is 2. The van der Waals surface area contributed by atoms with Crippen molar-refractivity contribution < 1.29 is 0 Å². The molecule has 0 atom stereocenters. The predicted molar refractivity (Wildman–Crippen MR) is 291 cm³/mol. The lowest BCUT2D eigenvalue weighted by atomic mass is 9.94. The Balaban J connectivity index is 0.864. The molecule has 1 aliphatic rings. The highest BCUT2D eigenvalue weighted by Gasteiger charge is 2.17. The number of allylic oxidation sites excluding steroid dienone is 4. The SMILES string of the molecule is C1=CCCC(=Nc2ccc(-c3cc(-c4ccc(-c5ccccc5)cc4)nc(-c4ccc(-c5ccccc5)cc4)c3)cc2)C(c2cccc(-c3ccc4c(c3)c3ccccc3n4-c3ccccc3)c2)=C1. The average molecular weight is 882 g/mol. The zero-order chi connectivity index (χ0) is 45.9. The Bertz CT molecular complexity index is 3610. The van der Waals surface area contributed by atoms with Gasteiger partial charge in [-0.25, -0.2) is 4.98 Å². The lowest BCUT2D eigenvalue weighted by Crippen LogP contribution is -2.01. The number of hydrogen-bond donors (Lipinski definition) is 0. The Labute approximate surface area is 403 Å². The van der Waals surface area contributed by atoms with E-state index in [1.54, 1.807) is 0 Å². The number of rotatable bonds is 9. The van der Waals surface area contributed by atoms with E-state index in [1.165, 1.54) is 55.2 Å².